The molecule has 2 aromatic rings. The minimum Gasteiger partial charge on any atom is -0.506 e. The first-order valence-electron chi connectivity index (χ1n) is 9.41. The molecule has 1 heterocycles. The van der Waals surface area contributed by atoms with Crippen LogP contribution in [0.4, 0.5) is 5.69 Å². The second-order valence-corrected chi connectivity index (χ2v) is 7.62. The predicted molar refractivity (Wildman–Crippen MR) is 117 cm³/mol. The third-order valence-electron chi connectivity index (χ3n) is 4.31. The molecule has 0 aliphatic carbocycles. The van der Waals surface area contributed by atoms with Gasteiger partial charge in [-0.2, -0.15) is 0 Å². The third-order valence-corrected chi connectivity index (χ3v) is 5.32. The van der Waals surface area contributed by atoms with Gasteiger partial charge in [0.25, 0.3) is 5.91 Å². The van der Waals surface area contributed by atoms with E-state index in [-0.39, 0.29) is 24.7 Å². The number of benzene rings is 2. The smallest absolute Gasteiger partial charge is 0.306 e. The van der Waals surface area contributed by atoms with E-state index < -0.39 is 5.97 Å². The minimum atomic E-state index is -0.912. The van der Waals surface area contributed by atoms with Crippen molar-refractivity contribution in [3.63, 3.8) is 0 Å². The molecule has 7 nitrogen and oxygen atoms in total. The lowest BCUT2D eigenvalue weighted by Gasteiger charge is -2.12. The maximum Gasteiger partial charge on any atom is 0.306 e. The van der Waals surface area contributed by atoms with Crippen LogP contribution in [0.1, 0.15) is 24.5 Å². The van der Waals surface area contributed by atoms with Crippen molar-refractivity contribution in [3.05, 3.63) is 58.5 Å². The zero-order chi connectivity index (χ0) is 21.7. The van der Waals surface area contributed by atoms with Crippen LogP contribution in [0.25, 0.3) is 6.08 Å². The number of aromatic hydroxyl groups is 1. The molecule has 3 rings (SSSR count). The number of carboxylic acids is 1. The molecular formula is C22H22N2O5S. The highest BCUT2D eigenvalue weighted by Gasteiger charge is 2.32. The third kappa shape index (κ3) is 5.21. The molecule has 0 radical (unpaired) electrons. The van der Waals surface area contributed by atoms with Gasteiger partial charge in [-0.1, -0.05) is 18.2 Å². The molecule has 1 aliphatic heterocycles. The summed E-state index contributed by atoms with van der Waals surface area (Å²) in [5.74, 6) is -0.418. The number of ether oxygens (including phenoxy) is 1. The van der Waals surface area contributed by atoms with Gasteiger partial charge in [0.1, 0.15) is 17.2 Å². The maximum atomic E-state index is 12.8. The number of hydrogen-bond donors (Lipinski definition) is 2. The van der Waals surface area contributed by atoms with Gasteiger partial charge in [0.15, 0.2) is 5.17 Å². The highest BCUT2D eigenvalue weighted by molar-refractivity contribution is 8.18. The Kier molecular flexibility index (Phi) is 6.79. The van der Waals surface area contributed by atoms with Crippen LogP contribution in [-0.4, -0.2) is 45.3 Å². The number of likely N-dealkylation sites (N-methyl/N-ethyl adjacent to an activating group) is 1. The highest BCUT2D eigenvalue weighted by atomic mass is 32.2. The number of phenols is 1. The number of hydrogen-bond acceptors (Lipinski definition) is 6. The van der Waals surface area contributed by atoms with Crippen LogP contribution in [0.15, 0.2) is 52.4 Å². The van der Waals surface area contributed by atoms with Crippen molar-refractivity contribution >= 4 is 40.6 Å². The van der Waals surface area contributed by atoms with E-state index in [0.717, 1.165) is 11.1 Å². The van der Waals surface area contributed by atoms with E-state index in [1.807, 2.05) is 19.9 Å². The normalized spacial score (nSPS) is 16.5. The number of rotatable bonds is 7. The van der Waals surface area contributed by atoms with Crippen LogP contribution in [0.2, 0.25) is 0 Å². The van der Waals surface area contributed by atoms with Gasteiger partial charge in [-0.15, -0.1) is 0 Å². The topological polar surface area (TPSA) is 99.4 Å². The summed E-state index contributed by atoms with van der Waals surface area (Å²) < 4.78 is 5.38. The molecule has 1 fully saturated rings. The number of amides is 1. The number of carbonyl (C=O) groups excluding carboxylic acids is 1. The van der Waals surface area contributed by atoms with Crippen LogP contribution >= 0.6 is 11.8 Å². The Bertz CT molecular complexity index is 1010. The van der Waals surface area contributed by atoms with Crippen LogP contribution in [0.5, 0.6) is 11.5 Å². The molecule has 0 saturated carbocycles. The van der Waals surface area contributed by atoms with Crippen LogP contribution in [0.3, 0.4) is 0 Å². The lowest BCUT2D eigenvalue weighted by molar-refractivity contribution is -0.137. The molecule has 0 atom stereocenters. The van der Waals surface area contributed by atoms with Gasteiger partial charge >= 0.3 is 5.97 Å². The van der Waals surface area contributed by atoms with Gasteiger partial charge in [-0.05, 0) is 67.1 Å². The highest BCUT2D eigenvalue weighted by Crippen LogP contribution is 2.36. The Hall–Kier alpha value is -3.26. The Labute approximate surface area is 178 Å². The number of carbonyl (C=O) groups is 2. The SMILES string of the molecule is CCN1C(=O)/C(=C/c2ccc(OCCC(=O)O)cc2)SC1=Nc1ccc(C)cc1O. The summed E-state index contributed by atoms with van der Waals surface area (Å²) >= 11 is 1.26. The molecule has 0 bridgehead atoms. The van der Waals surface area contributed by atoms with Gasteiger partial charge in [0, 0.05) is 6.54 Å². The number of thioether (sulfide) groups is 1. The molecule has 1 amide bonds. The summed E-state index contributed by atoms with van der Waals surface area (Å²) in [6, 6.07) is 12.3. The van der Waals surface area contributed by atoms with E-state index in [0.29, 0.717) is 28.1 Å². The predicted octanol–water partition coefficient (Wildman–Crippen LogP) is 4.18. The van der Waals surface area contributed by atoms with Crippen LogP contribution in [0, 0.1) is 6.92 Å². The average molecular weight is 426 g/mol. The first kappa shape index (κ1) is 21.4. The summed E-state index contributed by atoms with van der Waals surface area (Å²) in [7, 11) is 0. The van der Waals surface area contributed by atoms with Crippen molar-refractivity contribution in [2.24, 2.45) is 4.99 Å². The van der Waals surface area contributed by atoms with Gasteiger partial charge in [0.05, 0.1) is 17.9 Å². The van der Waals surface area contributed by atoms with Crippen molar-refractivity contribution in [1.82, 2.24) is 4.90 Å². The number of nitrogens with zero attached hydrogens (tertiary/aromatic N) is 2. The van der Waals surface area contributed by atoms with Crippen molar-refractivity contribution in [2.45, 2.75) is 20.3 Å². The molecule has 2 aromatic carbocycles. The first-order chi connectivity index (χ1) is 14.4. The van der Waals surface area contributed by atoms with Crippen molar-refractivity contribution in [2.75, 3.05) is 13.2 Å². The van der Waals surface area contributed by atoms with Crippen molar-refractivity contribution in [1.29, 1.82) is 0 Å². The Morgan fingerprint density at radius 3 is 2.60 bits per heavy atom. The molecule has 0 spiro atoms. The minimum absolute atomic E-state index is 0.0670. The van der Waals surface area contributed by atoms with E-state index in [1.54, 1.807) is 47.4 Å². The maximum absolute atomic E-state index is 12.8. The molecule has 156 valence electrons. The summed E-state index contributed by atoms with van der Waals surface area (Å²) in [6.45, 7) is 4.31. The Balaban J connectivity index is 1.78. The first-order valence-corrected chi connectivity index (χ1v) is 10.2. The number of phenolic OH excluding ortho intramolecular Hbond substituents is 1. The number of aliphatic carboxylic acids is 1. The summed E-state index contributed by atoms with van der Waals surface area (Å²) in [5, 5.41) is 19.3. The molecule has 0 unspecified atom stereocenters. The second-order valence-electron chi connectivity index (χ2n) is 6.61. The van der Waals surface area contributed by atoms with Gasteiger partial charge in [-0.25, -0.2) is 4.99 Å². The van der Waals surface area contributed by atoms with Crippen LogP contribution < -0.4 is 4.74 Å². The fraction of sp³-hybridized carbons (Fsp3) is 0.227. The molecular weight excluding hydrogens is 404 g/mol. The summed E-state index contributed by atoms with van der Waals surface area (Å²) in [4.78, 5) is 29.9. The summed E-state index contributed by atoms with van der Waals surface area (Å²) in [5.41, 5.74) is 2.15. The molecule has 30 heavy (non-hydrogen) atoms. The number of carboxylic acid groups (broad SMARTS) is 1. The lowest BCUT2D eigenvalue weighted by Crippen LogP contribution is -2.28. The fourth-order valence-corrected chi connectivity index (χ4v) is 3.82. The Morgan fingerprint density at radius 1 is 1.23 bits per heavy atom. The molecule has 1 saturated heterocycles. The van der Waals surface area contributed by atoms with E-state index >= 15 is 0 Å². The van der Waals surface area contributed by atoms with Crippen molar-refractivity contribution < 1.29 is 24.5 Å². The van der Waals surface area contributed by atoms with Gasteiger partial charge in [0.2, 0.25) is 0 Å². The molecule has 1 aliphatic rings. The van der Waals surface area contributed by atoms with Crippen molar-refractivity contribution in [3.8, 4) is 11.5 Å². The number of amidine groups is 1. The van der Waals surface area contributed by atoms with E-state index in [1.165, 1.54) is 11.8 Å². The number of aryl methyl sites for hydroxylation is 1. The van der Waals surface area contributed by atoms with E-state index in [9.17, 15) is 14.7 Å². The number of aliphatic imine (C=N–C) groups is 1. The molecule has 8 heteroatoms. The van der Waals surface area contributed by atoms with Gasteiger partial charge < -0.3 is 14.9 Å². The molecule has 2 N–H and O–H groups in total. The monoisotopic (exact) mass is 426 g/mol. The zero-order valence-electron chi connectivity index (χ0n) is 16.7. The zero-order valence-corrected chi connectivity index (χ0v) is 17.5. The van der Waals surface area contributed by atoms with Crippen LogP contribution in [-0.2, 0) is 9.59 Å². The Morgan fingerprint density at radius 2 is 1.97 bits per heavy atom. The fourth-order valence-electron chi connectivity index (χ4n) is 2.77. The largest absolute Gasteiger partial charge is 0.506 e. The lowest BCUT2D eigenvalue weighted by atomic mass is 10.2. The standard InChI is InChI=1S/C22H22N2O5S/c1-3-24-21(28)19(30-22(24)23-17-9-4-14(2)12-18(17)25)13-15-5-7-16(8-6-15)29-11-10-20(26)27/h4-9,12-13,25H,3,10-11H2,1-2H3,(H,26,27)/b19-13-,23-22?. The van der Waals surface area contributed by atoms with E-state index in [4.69, 9.17) is 9.84 Å². The van der Waals surface area contributed by atoms with E-state index in [2.05, 4.69) is 4.99 Å². The average Bonchev–Trinajstić information content (AvgIpc) is 2.99. The molecule has 0 aromatic heterocycles. The van der Waals surface area contributed by atoms with Gasteiger partial charge in [-0.3, -0.25) is 14.5 Å². The quantitative estimate of drug-likeness (QED) is 0.645. The second kappa shape index (κ2) is 9.49. The summed E-state index contributed by atoms with van der Waals surface area (Å²) in [6.07, 6.45) is 1.71.